The molecule has 0 heterocycles. The molecule has 1 N–H and O–H groups in total. The molecule has 2 aromatic rings. The van der Waals surface area contributed by atoms with Crippen molar-refractivity contribution in [3.8, 4) is 11.5 Å². The van der Waals surface area contributed by atoms with Gasteiger partial charge >= 0.3 is 12.1 Å². The van der Waals surface area contributed by atoms with Crippen molar-refractivity contribution in [1.82, 2.24) is 4.90 Å². The first kappa shape index (κ1) is 30.5. The van der Waals surface area contributed by atoms with Gasteiger partial charge in [0.1, 0.15) is 18.1 Å². The van der Waals surface area contributed by atoms with Gasteiger partial charge in [0.25, 0.3) is 0 Å². The molecule has 2 aromatic carbocycles. The molecule has 1 saturated carbocycles. The van der Waals surface area contributed by atoms with E-state index in [0.717, 1.165) is 41.0 Å². The van der Waals surface area contributed by atoms with Gasteiger partial charge in [-0.2, -0.15) is 0 Å². The minimum Gasteiger partial charge on any atom is -0.492 e. The highest BCUT2D eigenvalue weighted by molar-refractivity contribution is 5.73. The summed E-state index contributed by atoms with van der Waals surface area (Å²) in [5.74, 6) is 1.09. The molecule has 7 nitrogen and oxygen atoms in total. The van der Waals surface area contributed by atoms with Crippen molar-refractivity contribution < 1.29 is 28.9 Å². The Morgan fingerprint density at radius 3 is 2.28 bits per heavy atom. The number of carbonyl (C=O) groups is 2. The van der Waals surface area contributed by atoms with E-state index in [-0.39, 0.29) is 6.09 Å². The van der Waals surface area contributed by atoms with Gasteiger partial charge in [-0.25, -0.2) is 9.59 Å². The van der Waals surface area contributed by atoms with Gasteiger partial charge in [0.2, 0.25) is 0 Å². The lowest BCUT2D eigenvalue weighted by Gasteiger charge is -2.25. The van der Waals surface area contributed by atoms with E-state index in [4.69, 9.17) is 14.2 Å². The number of hydrogen-bond donors (Lipinski definition) is 1. The zero-order valence-corrected chi connectivity index (χ0v) is 24.0. The maximum absolute atomic E-state index is 13.3. The van der Waals surface area contributed by atoms with Gasteiger partial charge in [-0.3, -0.25) is 0 Å². The number of hydrogen-bond acceptors (Lipinski definition) is 5. The molecule has 1 fully saturated rings. The topological polar surface area (TPSA) is 85.3 Å². The molecule has 7 heteroatoms. The van der Waals surface area contributed by atoms with Crippen molar-refractivity contribution in [2.24, 2.45) is 5.92 Å². The van der Waals surface area contributed by atoms with Crippen molar-refractivity contribution in [2.45, 2.75) is 85.2 Å². The Morgan fingerprint density at radius 1 is 1.00 bits per heavy atom. The van der Waals surface area contributed by atoms with Gasteiger partial charge in [0.05, 0.1) is 6.54 Å². The standard InChI is InChI=1S/C32H45NO6/c1-5-37-29(31(34)35)22-27-13-15-28(16-14-27)38-19-18-33(17-9-12-26-10-7-6-8-11-26)32(36)39-30-24(3)20-23(2)21-25(30)4/h13-16,20-21,26,29H,5-12,17-19,22H2,1-4H3,(H,34,35). The molecule has 0 saturated heterocycles. The zero-order chi connectivity index (χ0) is 28.2. The Balaban J connectivity index is 1.58. The van der Waals surface area contributed by atoms with Crippen molar-refractivity contribution >= 4 is 12.1 Å². The lowest BCUT2D eigenvalue weighted by molar-refractivity contribution is -0.149. The number of carboxylic acid groups (broad SMARTS) is 1. The van der Waals surface area contributed by atoms with Crippen LogP contribution < -0.4 is 9.47 Å². The normalized spacial score (nSPS) is 14.6. The summed E-state index contributed by atoms with van der Waals surface area (Å²) in [6, 6.07) is 11.4. The number of carbonyl (C=O) groups excluding carboxylic acids is 1. The SMILES string of the molecule is CCOC(Cc1ccc(OCCN(CCCC2CCCCC2)C(=O)Oc2c(C)cc(C)cc2C)cc1)C(=O)O. The van der Waals surface area contributed by atoms with Crippen LogP contribution in [0.15, 0.2) is 36.4 Å². The zero-order valence-electron chi connectivity index (χ0n) is 24.0. The van der Waals surface area contributed by atoms with Crippen LogP contribution in [0.4, 0.5) is 4.79 Å². The van der Waals surface area contributed by atoms with Crippen LogP contribution in [0.5, 0.6) is 11.5 Å². The van der Waals surface area contributed by atoms with Crippen LogP contribution in [-0.2, 0) is 16.0 Å². The summed E-state index contributed by atoms with van der Waals surface area (Å²) in [5, 5.41) is 9.31. The van der Waals surface area contributed by atoms with Gasteiger partial charge in [-0.1, -0.05) is 61.9 Å². The lowest BCUT2D eigenvalue weighted by Crippen LogP contribution is -2.38. The third-order valence-corrected chi connectivity index (χ3v) is 7.44. The van der Waals surface area contributed by atoms with Crippen molar-refractivity contribution in [3.05, 3.63) is 58.7 Å². The number of nitrogens with zero attached hydrogens (tertiary/aromatic N) is 1. The molecule has 0 spiro atoms. The number of rotatable bonds is 14. The first-order valence-corrected chi connectivity index (χ1v) is 14.4. The fraction of sp³-hybridized carbons (Fsp3) is 0.562. The maximum Gasteiger partial charge on any atom is 0.415 e. The molecule has 0 aromatic heterocycles. The molecular weight excluding hydrogens is 494 g/mol. The predicted molar refractivity (Wildman–Crippen MR) is 153 cm³/mol. The van der Waals surface area contributed by atoms with Crippen molar-refractivity contribution in [3.63, 3.8) is 0 Å². The van der Waals surface area contributed by atoms with Crippen LogP contribution in [0, 0.1) is 26.7 Å². The van der Waals surface area contributed by atoms with Gasteiger partial charge in [0, 0.05) is 19.6 Å². The van der Waals surface area contributed by atoms with Crippen molar-refractivity contribution in [2.75, 3.05) is 26.3 Å². The molecule has 0 bridgehead atoms. The molecule has 1 aliphatic rings. The fourth-order valence-corrected chi connectivity index (χ4v) is 5.45. The van der Waals surface area contributed by atoms with Gasteiger partial charge in [-0.05, 0) is 75.3 Å². The summed E-state index contributed by atoms with van der Waals surface area (Å²) in [4.78, 5) is 26.4. The molecular formula is C32H45NO6. The smallest absolute Gasteiger partial charge is 0.415 e. The highest BCUT2D eigenvalue weighted by Crippen LogP contribution is 2.28. The van der Waals surface area contributed by atoms with E-state index in [2.05, 4.69) is 0 Å². The molecule has 1 aliphatic carbocycles. The molecule has 1 amide bonds. The number of benzene rings is 2. The molecule has 214 valence electrons. The van der Waals surface area contributed by atoms with Crippen LogP contribution in [0.1, 0.15) is 74.1 Å². The lowest BCUT2D eigenvalue weighted by atomic mass is 9.86. The molecule has 1 unspecified atom stereocenters. The number of aryl methyl sites for hydroxylation is 3. The fourth-order valence-electron chi connectivity index (χ4n) is 5.45. The minimum atomic E-state index is -0.969. The second-order valence-corrected chi connectivity index (χ2v) is 10.7. The summed E-state index contributed by atoms with van der Waals surface area (Å²) < 4.78 is 17.2. The second kappa shape index (κ2) is 15.5. The van der Waals surface area contributed by atoms with Crippen LogP contribution in [0.3, 0.4) is 0 Å². The third-order valence-electron chi connectivity index (χ3n) is 7.44. The quantitative estimate of drug-likeness (QED) is 0.282. The molecule has 1 atom stereocenters. The first-order valence-electron chi connectivity index (χ1n) is 14.4. The molecule has 0 aliphatic heterocycles. The van der Waals surface area contributed by atoms with E-state index < -0.39 is 12.1 Å². The van der Waals surface area contributed by atoms with Gasteiger partial charge in [-0.15, -0.1) is 0 Å². The maximum atomic E-state index is 13.3. The van der Waals surface area contributed by atoms with Gasteiger partial charge in [0.15, 0.2) is 6.10 Å². The summed E-state index contributed by atoms with van der Waals surface area (Å²) >= 11 is 0. The largest absolute Gasteiger partial charge is 0.492 e. The van der Waals surface area contributed by atoms with E-state index in [1.54, 1.807) is 11.8 Å². The Hall–Kier alpha value is -3.06. The van der Waals surface area contributed by atoms with Crippen LogP contribution in [0.25, 0.3) is 0 Å². The minimum absolute atomic E-state index is 0.294. The van der Waals surface area contributed by atoms with E-state index in [1.165, 1.54) is 32.1 Å². The second-order valence-electron chi connectivity index (χ2n) is 10.7. The summed E-state index contributed by atoms with van der Waals surface area (Å²) in [6.07, 6.45) is 7.73. The summed E-state index contributed by atoms with van der Waals surface area (Å²) in [6.45, 7) is 9.49. The molecule has 3 rings (SSSR count). The number of ether oxygens (including phenoxy) is 3. The Labute approximate surface area is 233 Å². The number of amides is 1. The highest BCUT2D eigenvalue weighted by atomic mass is 16.6. The van der Waals surface area contributed by atoms with E-state index in [9.17, 15) is 14.7 Å². The van der Waals surface area contributed by atoms with Crippen LogP contribution in [-0.4, -0.2) is 54.5 Å². The van der Waals surface area contributed by atoms with Crippen LogP contribution >= 0.6 is 0 Å². The number of aliphatic carboxylic acids is 1. The average Bonchev–Trinajstić information content (AvgIpc) is 2.91. The Kier molecular flexibility index (Phi) is 12.1. The average molecular weight is 540 g/mol. The predicted octanol–water partition coefficient (Wildman–Crippen LogP) is 6.88. The Bertz CT molecular complexity index is 1040. The number of carboxylic acids is 1. The Morgan fingerprint density at radius 2 is 1.67 bits per heavy atom. The van der Waals surface area contributed by atoms with E-state index >= 15 is 0 Å². The van der Waals surface area contributed by atoms with Crippen molar-refractivity contribution in [1.29, 1.82) is 0 Å². The van der Waals surface area contributed by atoms with E-state index in [0.29, 0.717) is 44.2 Å². The highest BCUT2D eigenvalue weighted by Gasteiger charge is 2.21. The third kappa shape index (κ3) is 9.88. The monoisotopic (exact) mass is 539 g/mol. The van der Waals surface area contributed by atoms with E-state index in [1.807, 2.05) is 57.2 Å². The van der Waals surface area contributed by atoms with Gasteiger partial charge < -0.3 is 24.2 Å². The molecule has 39 heavy (non-hydrogen) atoms. The first-order chi connectivity index (χ1) is 18.8. The molecule has 0 radical (unpaired) electrons. The summed E-state index contributed by atoms with van der Waals surface area (Å²) in [5.41, 5.74) is 3.91. The summed E-state index contributed by atoms with van der Waals surface area (Å²) in [7, 11) is 0. The van der Waals surface area contributed by atoms with Crippen LogP contribution in [0.2, 0.25) is 0 Å².